The Hall–Kier alpha value is -1.24. The monoisotopic (exact) mass is 298 g/mol. The number of hydrogen-bond acceptors (Lipinski definition) is 3. The molecule has 1 aromatic heterocycles. The number of benzene rings is 1. The highest BCUT2D eigenvalue weighted by Gasteiger charge is 2.20. The van der Waals surface area contributed by atoms with Crippen molar-refractivity contribution in [3.8, 4) is 0 Å². The number of aryl methyl sites for hydroxylation is 1. The van der Waals surface area contributed by atoms with Gasteiger partial charge in [-0.1, -0.05) is 12.1 Å². The third-order valence-corrected chi connectivity index (χ3v) is 3.22. The summed E-state index contributed by atoms with van der Waals surface area (Å²) >= 11 is 3.16. The Balaban J connectivity index is 2.50. The molecule has 6 heteroatoms. The van der Waals surface area contributed by atoms with Crippen molar-refractivity contribution in [2.45, 2.75) is 6.04 Å². The number of hydrazine groups is 1. The van der Waals surface area contributed by atoms with Gasteiger partial charge in [0.2, 0.25) is 0 Å². The van der Waals surface area contributed by atoms with E-state index in [0.29, 0.717) is 10.0 Å². The number of aromatic nitrogens is 2. The highest BCUT2D eigenvalue weighted by Crippen LogP contribution is 2.27. The maximum atomic E-state index is 14.0. The van der Waals surface area contributed by atoms with Gasteiger partial charge in [0.25, 0.3) is 0 Å². The first-order chi connectivity index (χ1) is 8.15. The molecule has 90 valence electrons. The first kappa shape index (κ1) is 12.2. The van der Waals surface area contributed by atoms with Crippen LogP contribution in [0.3, 0.4) is 0 Å². The van der Waals surface area contributed by atoms with Crippen LogP contribution in [-0.4, -0.2) is 9.55 Å². The molecule has 17 heavy (non-hydrogen) atoms. The second-order valence-electron chi connectivity index (χ2n) is 3.67. The summed E-state index contributed by atoms with van der Waals surface area (Å²) in [6.45, 7) is 0. The van der Waals surface area contributed by atoms with E-state index in [-0.39, 0.29) is 5.82 Å². The molecule has 2 rings (SSSR count). The number of nitrogens with zero attached hydrogens (tertiary/aromatic N) is 2. The second-order valence-corrected chi connectivity index (χ2v) is 4.53. The summed E-state index contributed by atoms with van der Waals surface area (Å²) in [5.74, 6) is 5.19. The van der Waals surface area contributed by atoms with Gasteiger partial charge in [-0.05, 0) is 22.0 Å². The molecule has 0 fully saturated rings. The molecular formula is C11H12BrFN4. The normalized spacial score (nSPS) is 12.7. The molecule has 1 heterocycles. The van der Waals surface area contributed by atoms with E-state index < -0.39 is 6.04 Å². The molecule has 2 aromatic rings. The SMILES string of the molecule is Cn1cncc1C(NN)c1cccc(Br)c1F. The predicted octanol–water partition coefficient (Wildman–Crippen LogP) is 1.87. The highest BCUT2D eigenvalue weighted by molar-refractivity contribution is 9.10. The Morgan fingerprint density at radius 3 is 2.88 bits per heavy atom. The zero-order valence-electron chi connectivity index (χ0n) is 9.19. The van der Waals surface area contributed by atoms with Crippen molar-refractivity contribution in [1.82, 2.24) is 15.0 Å². The van der Waals surface area contributed by atoms with E-state index in [2.05, 4.69) is 26.3 Å². The third-order valence-electron chi connectivity index (χ3n) is 2.61. The number of nitrogens with two attached hydrogens (primary N) is 1. The summed E-state index contributed by atoms with van der Waals surface area (Å²) in [4.78, 5) is 4.00. The molecule has 0 spiro atoms. The van der Waals surface area contributed by atoms with E-state index in [1.807, 2.05) is 7.05 Å². The highest BCUT2D eigenvalue weighted by atomic mass is 79.9. The van der Waals surface area contributed by atoms with E-state index in [9.17, 15) is 4.39 Å². The summed E-state index contributed by atoms with van der Waals surface area (Å²) in [5, 5.41) is 0. The zero-order chi connectivity index (χ0) is 12.4. The summed E-state index contributed by atoms with van der Waals surface area (Å²) in [7, 11) is 1.84. The van der Waals surface area contributed by atoms with Gasteiger partial charge < -0.3 is 4.57 Å². The topological polar surface area (TPSA) is 55.9 Å². The molecule has 0 bridgehead atoms. The molecule has 1 aromatic carbocycles. The van der Waals surface area contributed by atoms with E-state index in [4.69, 9.17) is 5.84 Å². The van der Waals surface area contributed by atoms with Crippen LogP contribution in [0.5, 0.6) is 0 Å². The molecular weight excluding hydrogens is 287 g/mol. The number of nitrogens with one attached hydrogen (secondary N) is 1. The van der Waals surface area contributed by atoms with Crippen LogP contribution in [0.4, 0.5) is 4.39 Å². The largest absolute Gasteiger partial charge is 0.336 e. The quantitative estimate of drug-likeness (QED) is 0.672. The Morgan fingerprint density at radius 2 is 2.29 bits per heavy atom. The van der Waals surface area contributed by atoms with Crippen molar-refractivity contribution in [1.29, 1.82) is 0 Å². The predicted molar refractivity (Wildman–Crippen MR) is 66.5 cm³/mol. The minimum atomic E-state index is -0.431. The smallest absolute Gasteiger partial charge is 0.142 e. The maximum Gasteiger partial charge on any atom is 0.142 e. The van der Waals surface area contributed by atoms with Gasteiger partial charge in [0.15, 0.2) is 0 Å². The minimum absolute atomic E-state index is 0.323. The number of halogens is 2. The zero-order valence-corrected chi connectivity index (χ0v) is 10.8. The van der Waals surface area contributed by atoms with Crippen LogP contribution < -0.4 is 11.3 Å². The van der Waals surface area contributed by atoms with Gasteiger partial charge in [-0.2, -0.15) is 0 Å². The summed E-state index contributed by atoms with van der Waals surface area (Å²) in [5.41, 5.74) is 3.88. The van der Waals surface area contributed by atoms with E-state index in [1.54, 1.807) is 35.3 Å². The molecule has 0 saturated heterocycles. The van der Waals surface area contributed by atoms with Crippen LogP contribution in [0, 0.1) is 5.82 Å². The van der Waals surface area contributed by atoms with Gasteiger partial charge in [0, 0.05) is 12.6 Å². The van der Waals surface area contributed by atoms with Crippen molar-refractivity contribution < 1.29 is 4.39 Å². The van der Waals surface area contributed by atoms with Crippen LogP contribution in [0.1, 0.15) is 17.3 Å². The van der Waals surface area contributed by atoms with Crippen molar-refractivity contribution >= 4 is 15.9 Å². The van der Waals surface area contributed by atoms with Crippen LogP contribution in [0.25, 0.3) is 0 Å². The maximum absolute atomic E-state index is 14.0. The van der Waals surface area contributed by atoms with Gasteiger partial charge in [-0.25, -0.2) is 14.8 Å². The first-order valence-electron chi connectivity index (χ1n) is 5.01. The van der Waals surface area contributed by atoms with Gasteiger partial charge in [0.1, 0.15) is 5.82 Å². The van der Waals surface area contributed by atoms with Gasteiger partial charge in [-0.15, -0.1) is 0 Å². The lowest BCUT2D eigenvalue weighted by Crippen LogP contribution is -2.30. The van der Waals surface area contributed by atoms with Gasteiger partial charge in [-0.3, -0.25) is 5.84 Å². The lowest BCUT2D eigenvalue weighted by Gasteiger charge is -2.17. The minimum Gasteiger partial charge on any atom is -0.336 e. The molecule has 1 atom stereocenters. The van der Waals surface area contributed by atoms with Crippen LogP contribution in [0.15, 0.2) is 35.2 Å². The van der Waals surface area contributed by atoms with Crippen molar-refractivity contribution in [2.75, 3.05) is 0 Å². The Labute approximate surface area is 107 Å². The van der Waals surface area contributed by atoms with Crippen molar-refractivity contribution in [3.05, 3.63) is 52.3 Å². The Bertz CT molecular complexity index is 526. The molecule has 0 radical (unpaired) electrons. The number of hydrogen-bond donors (Lipinski definition) is 2. The fourth-order valence-electron chi connectivity index (χ4n) is 1.72. The van der Waals surface area contributed by atoms with Crippen molar-refractivity contribution in [3.63, 3.8) is 0 Å². The lowest BCUT2D eigenvalue weighted by atomic mass is 10.0. The molecule has 0 aliphatic rings. The van der Waals surface area contributed by atoms with Crippen LogP contribution in [0.2, 0.25) is 0 Å². The Morgan fingerprint density at radius 1 is 1.53 bits per heavy atom. The number of rotatable bonds is 3. The van der Waals surface area contributed by atoms with Gasteiger partial charge >= 0.3 is 0 Å². The fraction of sp³-hybridized carbons (Fsp3) is 0.182. The first-order valence-corrected chi connectivity index (χ1v) is 5.80. The average Bonchev–Trinajstić information content (AvgIpc) is 2.72. The van der Waals surface area contributed by atoms with E-state index >= 15 is 0 Å². The van der Waals surface area contributed by atoms with Crippen LogP contribution >= 0.6 is 15.9 Å². The second kappa shape index (κ2) is 4.95. The number of imidazole rings is 1. The Kier molecular flexibility index (Phi) is 3.56. The standard InChI is InChI=1S/C11H12BrFN4/c1-17-6-15-5-9(17)11(16-14)7-3-2-4-8(12)10(7)13/h2-6,11,16H,14H2,1H3. The molecule has 0 amide bonds. The van der Waals surface area contributed by atoms with E-state index in [1.165, 1.54) is 0 Å². The molecule has 3 N–H and O–H groups in total. The molecule has 0 aliphatic heterocycles. The lowest BCUT2D eigenvalue weighted by molar-refractivity contribution is 0.539. The van der Waals surface area contributed by atoms with E-state index in [0.717, 1.165) is 5.69 Å². The van der Waals surface area contributed by atoms with Crippen molar-refractivity contribution in [2.24, 2.45) is 12.9 Å². The third kappa shape index (κ3) is 2.24. The average molecular weight is 299 g/mol. The van der Waals surface area contributed by atoms with Crippen LogP contribution in [-0.2, 0) is 7.05 Å². The summed E-state index contributed by atoms with van der Waals surface area (Å²) in [6, 6.07) is 4.68. The van der Waals surface area contributed by atoms with Gasteiger partial charge in [0.05, 0.1) is 28.7 Å². The summed E-state index contributed by atoms with van der Waals surface area (Å²) < 4.78 is 16.2. The molecule has 4 nitrogen and oxygen atoms in total. The molecule has 1 unspecified atom stereocenters. The fourth-order valence-corrected chi connectivity index (χ4v) is 2.11. The molecule has 0 aliphatic carbocycles. The summed E-state index contributed by atoms with van der Waals surface area (Å²) in [6.07, 6.45) is 3.31. The molecule has 0 saturated carbocycles.